The van der Waals surface area contributed by atoms with Crippen LogP contribution in [0.3, 0.4) is 0 Å². The maximum Gasteiger partial charge on any atom is 0.264 e. The minimum Gasteiger partial charge on any atom is -0.497 e. The topological polar surface area (TPSA) is 96.0 Å². The quantitative estimate of drug-likeness (QED) is 0.432. The fraction of sp³-hybridized carbons (Fsp3) is 0.231. The number of sulfonamides is 1. The van der Waals surface area contributed by atoms with E-state index in [9.17, 15) is 18.0 Å². The SMILES string of the molecule is CNC(=O)[C@@H](C)N(Cc1ccc(Cl)cc1)C(=O)CN(c1ccc(OC)cc1)S(=O)(=O)c1ccccc1. The number of carbonyl (C=O) groups is 2. The van der Waals surface area contributed by atoms with Gasteiger partial charge in [-0.1, -0.05) is 41.9 Å². The van der Waals surface area contributed by atoms with E-state index in [0.29, 0.717) is 10.8 Å². The molecule has 0 fully saturated rings. The molecule has 0 aliphatic carbocycles. The molecule has 1 atom stereocenters. The molecule has 0 heterocycles. The lowest BCUT2D eigenvalue weighted by Gasteiger charge is -2.31. The number of hydrogen-bond acceptors (Lipinski definition) is 5. The molecule has 0 aliphatic heterocycles. The van der Waals surface area contributed by atoms with Crippen molar-refractivity contribution in [2.45, 2.75) is 24.4 Å². The second-order valence-electron chi connectivity index (χ2n) is 7.96. The number of anilines is 1. The van der Waals surface area contributed by atoms with Crippen LogP contribution in [0, 0.1) is 0 Å². The third-order valence-corrected chi connectivity index (χ3v) is 7.69. The number of halogens is 1. The zero-order valence-electron chi connectivity index (χ0n) is 20.2. The van der Waals surface area contributed by atoms with E-state index < -0.39 is 28.5 Å². The highest BCUT2D eigenvalue weighted by Crippen LogP contribution is 2.26. The van der Waals surface area contributed by atoms with Gasteiger partial charge < -0.3 is 15.0 Å². The first-order chi connectivity index (χ1) is 17.2. The smallest absolute Gasteiger partial charge is 0.264 e. The van der Waals surface area contributed by atoms with Crippen LogP contribution in [0.25, 0.3) is 0 Å². The third kappa shape index (κ3) is 6.35. The number of hydrogen-bond donors (Lipinski definition) is 1. The van der Waals surface area contributed by atoms with E-state index in [4.69, 9.17) is 16.3 Å². The molecular weight excluding hydrogens is 502 g/mol. The summed E-state index contributed by atoms with van der Waals surface area (Å²) in [6.07, 6.45) is 0. The van der Waals surface area contributed by atoms with Gasteiger partial charge in [0.1, 0.15) is 18.3 Å². The molecule has 0 aliphatic rings. The fourth-order valence-electron chi connectivity index (χ4n) is 3.57. The van der Waals surface area contributed by atoms with E-state index in [1.807, 2.05) is 0 Å². The molecule has 1 N–H and O–H groups in total. The minimum atomic E-state index is -4.11. The van der Waals surface area contributed by atoms with E-state index in [-0.39, 0.29) is 23.0 Å². The summed E-state index contributed by atoms with van der Waals surface area (Å²) in [6.45, 7) is 1.17. The summed E-state index contributed by atoms with van der Waals surface area (Å²) in [6, 6.07) is 20.3. The van der Waals surface area contributed by atoms with Crippen LogP contribution >= 0.6 is 11.6 Å². The molecule has 0 aromatic heterocycles. The van der Waals surface area contributed by atoms with Crippen molar-refractivity contribution in [2.75, 3.05) is 25.0 Å². The number of nitrogens with one attached hydrogen (secondary N) is 1. The summed E-state index contributed by atoms with van der Waals surface area (Å²) < 4.78 is 33.5. The summed E-state index contributed by atoms with van der Waals surface area (Å²) >= 11 is 5.99. The molecule has 8 nitrogen and oxygen atoms in total. The number of likely N-dealkylation sites (N-methyl/N-ethyl adjacent to an activating group) is 1. The van der Waals surface area contributed by atoms with Gasteiger partial charge in [-0.2, -0.15) is 0 Å². The highest BCUT2D eigenvalue weighted by molar-refractivity contribution is 7.92. The van der Waals surface area contributed by atoms with Crippen molar-refractivity contribution in [2.24, 2.45) is 0 Å². The van der Waals surface area contributed by atoms with Crippen LogP contribution < -0.4 is 14.4 Å². The highest BCUT2D eigenvalue weighted by Gasteiger charge is 2.32. The largest absolute Gasteiger partial charge is 0.497 e. The molecule has 0 saturated carbocycles. The van der Waals surface area contributed by atoms with Gasteiger partial charge in [-0.25, -0.2) is 8.42 Å². The summed E-state index contributed by atoms with van der Waals surface area (Å²) in [7, 11) is -1.12. The van der Waals surface area contributed by atoms with Gasteiger partial charge in [0.15, 0.2) is 0 Å². The van der Waals surface area contributed by atoms with Crippen LogP contribution in [0.4, 0.5) is 5.69 Å². The molecule has 3 aromatic carbocycles. The lowest BCUT2D eigenvalue weighted by atomic mass is 10.1. The van der Waals surface area contributed by atoms with E-state index in [0.717, 1.165) is 9.87 Å². The van der Waals surface area contributed by atoms with Crippen LogP contribution in [-0.4, -0.2) is 51.9 Å². The minimum absolute atomic E-state index is 0.0391. The maximum atomic E-state index is 13.7. The summed E-state index contributed by atoms with van der Waals surface area (Å²) in [4.78, 5) is 27.5. The van der Waals surface area contributed by atoms with Crippen molar-refractivity contribution in [1.29, 1.82) is 0 Å². The lowest BCUT2D eigenvalue weighted by Crippen LogP contribution is -2.50. The Balaban J connectivity index is 2.01. The predicted molar refractivity (Wildman–Crippen MR) is 139 cm³/mol. The average Bonchev–Trinajstić information content (AvgIpc) is 2.90. The Morgan fingerprint density at radius 3 is 2.14 bits per heavy atom. The zero-order chi connectivity index (χ0) is 26.3. The van der Waals surface area contributed by atoms with Crippen molar-refractivity contribution >= 4 is 39.1 Å². The Kier molecular flexibility index (Phi) is 8.95. The first-order valence-electron chi connectivity index (χ1n) is 11.1. The number of methoxy groups -OCH3 is 1. The van der Waals surface area contributed by atoms with Crippen LogP contribution in [0.2, 0.25) is 5.02 Å². The Hall–Kier alpha value is -3.56. The van der Waals surface area contributed by atoms with Gasteiger partial charge in [-0.3, -0.25) is 13.9 Å². The summed E-state index contributed by atoms with van der Waals surface area (Å²) in [5.74, 6) is -0.379. The molecule has 0 unspecified atom stereocenters. The van der Waals surface area contributed by atoms with E-state index in [1.54, 1.807) is 73.7 Å². The normalized spacial score (nSPS) is 11.9. The monoisotopic (exact) mass is 529 g/mol. The molecule has 0 saturated heterocycles. The fourth-order valence-corrected chi connectivity index (χ4v) is 5.14. The van der Waals surface area contributed by atoms with Crippen LogP contribution in [0.5, 0.6) is 5.75 Å². The van der Waals surface area contributed by atoms with Crippen molar-refractivity contribution in [3.8, 4) is 5.75 Å². The Morgan fingerprint density at radius 1 is 0.972 bits per heavy atom. The second-order valence-corrected chi connectivity index (χ2v) is 10.3. The molecule has 36 heavy (non-hydrogen) atoms. The summed E-state index contributed by atoms with van der Waals surface area (Å²) in [5, 5.41) is 3.09. The van der Waals surface area contributed by atoms with Gasteiger partial charge >= 0.3 is 0 Å². The summed E-state index contributed by atoms with van der Waals surface area (Å²) in [5.41, 5.74) is 1.03. The number of rotatable bonds is 10. The number of nitrogens with zero attached hydrogens (tertiary/aromatic N) is 2. The van der Waals surface area contributed by atoms with Crippen molar-refractivity contribution < 1.29 is 22.7 Å². The molecule has 10 heteroatoms. The first-order valence-corrected chi connectivity index (χ1v) is 13.0. The Bertz CT molecular complexity index is 1280. The predicted octanol–water partition coefficient (Wildman–Crippen LogP) is 3.71. The van der Waals surface area contributed by atoms with Gasteiger partial charge in [0.25, 0.3) is 10.0 Å². The molecule has 3 aromatic rings. The molecule has 3 rings (SSSR count). The van der Waals surface area contributed by atoms with E-state index >= 15 is 0 Å². The standard InChI is InChI=1S/C26H28ClN3O5S/c1-19(26(32)28-2)29(17-20-9-11-21(27)12-10-20)25(31)18-30(22-13-15-23(35-3)16-14-22)36(33,34)24-7-5-4-6-8-24/h4-16,19H,17-18H2,1-3H3,(H,28,32)/t19-/m1/s1. The Morgan fingerprint density at radius 2 is 1.58 bits per heavy atom. The van der Waals surface area contributed by atoms with Crippen molar-refractivity contribution in [3.05, 3.63) is 89.4 Å². The van der Waals surface area contributed by atoms with Crippen LogP contribution in [0.15, 0.2) is 83.8 Å². The van der Waals surface area contributed by atoms with Crippen molar-refractivity contribution in [3.63, 3.8) is 0 Å². The van der Waals surface area contributed by atoms with Crippen molar-refractivity contribution in [1.82, 2.24) is 10.2 Å². The number of benzene rings is 3. The number of carbonyl (C=O) groups excluding carboxylic acids is 2. The van der Waals surface area contributed by atoms with Gasteiger partial charge in [0.2, 0.25) is 11.8 Å². The molecular formula is C26H28ClN3O5S. The lowest BCUT2D eigenvalue weighted by molar-refractivity contribution is -0.139. The molecule has 0 radical (unpaired) electrons. The molecule has 0 spiro atoms. The van der Waals surface area contributed by atoms with Gasteiger partial charge in [0.05, 0.1) is 17.7 Å². The van der Waals surface area contributed by atoms with Crippen LogP contribution in [-0.2, 0) is 26.2 Å². The van der Waals surface area contributed by atoms with Gasteiger partial charge in [-0.05, 0) is 61.0 Å². The first kappa shape index (κ1) is 27.0. The van der Waals surface area contributed by atoms with E-state index in [1.165, 1.54) is 31.2 Å². The number of ether oxygens (including phenoxy) is 1. The molecule has 190 valence electrons. The Labute approximate surface area is 216 Å². The molecule has 0 bridgehead atoms. The third-order valence-electron chi connectivity index (χ3n) is 5.65. The van der Waals surface area contributed by atoms with E-state index in [2.05, 4.69) is 5.32 Å². The number of amides is 2. The van der Waals surface area contributed by atoms with Gasteiger partial charge in [-0.15, -0.1) is 0 Å². The second kappa shape index (κ2) is 11.9. The highest BCUT2D eigenvalue weighted by atomic mass is 35.5. The average molecular weight is 530 g/mol. The van der Waals surface area contributed by atoms with Crippen LogP contribution in [0.1, 0.15) is 12.5 Å². The molecule has 2 amide bonds. The maximum absolute atomic E-state index is 13.7. The van der Waals surface area contributed by atoms with Gasteiger partial charge in [0, 0.05) is 18.6 Å². The zero-order valence-corrected chi connectivity index (χ0v) is 21.8.